The van der Waals surface area contributed by atoms with E-state index < -0.39 is 0 Å². The Morgan fingerprint density at radius 3 is 2.31 bits per heavy atom. The lowest BCUT2D eigenvalue weighted by molar-refractivity contribution is 0.102. The Bertz CT molecular complexity index is 908. The fourth-order valence-electron chi connectivity index (χ4n) is 2.32. The van der Waals surface area contributed by atoms with Crippen LogP contribution in [-0.4, -0.2) is 5.91 Å². The van der Waals surface area contributed by atoms with Crippen LogP contribution < -0.4 is 5.32 Å². The molecular weight excluding hydrogens is 385 g/mol. The number of hydrogen-bond acceptors (Lipinski definition) is 2. The van der Waals surface area contributed by atoms with Gasteiger partial charge in [-0.15, -0.1) is 11.8 Å². The molecule has 3 aromatic carbocycles. The van der Waals surface area contributed by atoms with Gasteiger partial charge in [-0.1, -0.05) is 41.4 Å². The molecule has 0 unspecified atom stereocenters. The van der Waals surface area contributed by atoms with Gasteiger partial charge in [0.2, 0.25) is 0 Å². The number of halogens is 2. The van der Waals surface area contributed by atoms with Gasteiger partial charge < -0.3 is 5.32 Å². The van der Waals surface area contributed by atoms with Gasteiger partial charge in [-0.25, -0.2) is 0 Å². The minimum atomic E-state index is -0.151. The summed E-state index contributed by atoms with van der Waals surface area (Å²) in [7, 11) is 0. The second-order valence-electron chi connectivity index (χ2n) is 5.86. The van der Waals surface area contributed by atoms with Crippen LogP contribution in [0.3, 0.4) is 0 Å². The summed E-state index contributed by atoms with van der Waals surface area (Å²) < 4.78 is 0. The topological polar surface area (TPSA) is 29.1 Å². The van der Waals surface area contributed by atoms with Crippen LogP contribution >= 0.6 is 35.0 Å². The van der Waals surface area contributed by atoms with E-state index in [2.05, 4.69) is 5.32 Å². The van der Waals surface area contributed by atoms with E-state index in [0.717, 1.165) is 26.8 Å². The molecule has 0 aliphatic heterocycles. The number of hydrogen-bond donors (Lipinski definition) is 1. The quantitative estimate of drug-likeness (QED) is 0.473. The molecule has 3 rings (SSSR count). The molecule has 0 saturated carbocycles. The highest BCUT2D eigenvalue weighted by Gasteiger charge is 2.07. The van der Waals surface area contributed by atoms with Crippen molar-refractivity contribution >= 4 is 46.6 Å². The van der Waals surface area contributed by atoms with E-state index in [1.807, 2.05) is 67.6 Å². The number of nitrogens with one attached hydrogen (secondary N) is 1. The van der Waals surface area contributed by atoms with E-state index in [1.165, 1.54) is 0 Å². The van der Waals surface area contributed by atoms with Crippen LogP contribution in [0.15, 0.2) is 71.6 Å². The Hall–Kier alpha value is -1.94. The zero-order valence-corrected chi connectivity index (χ0v) is 16.5. The summed E-state index contributed by atoms with van der Waals surface area (Å²) in [5.74, 6) is 0.679. The third kappa shape index (κ3) is 5.04. The second-order valence-corrected chi connectivity index (χ2v) is 7.75. The van der Waals surface area contributed by atoms with Crippen molar-refractivity contribution in [3.05, 3.63) is 93.5 Å². The van der Waals surface area contributed by atoms with Gasteiger partial charge >= 0.3 is 0 Å². The summed E-state index contributed by atoms with van der Waals surface area (Å²) in [6, 6.07) is 20.9. The Balaban J connectivity index is 1.60. The van der Waals surface area contributed by atoms with Gasteiger partial charge in [-0.2, -0.15) is 0 Å². The Morgan fingerprint density at radius 2 is 1.65 bits per heavy atom. The van der Waals surface area contributed by atoms with Crippen molar-refractivity contribution < 1.29 is 4.79 Å². The molecule has 0 aliphatic rings. The van der Waals surface area contributed by atoms with Gasteiger partial charge in [-0.3, -0.25) is 4.79 Å². The molecule has 0 fully saturated rings. The van der Waals surface area contributed by atoms with Crippen LogP contribution in [0, 0.1) is 6.92 Å². The predicted molar refractivity (Wildman–Crippen MR) is 112 cm³/mol. The molecule has 5 heteroatoms. The first-order valence-electron chi connectivity index (χ1n) is 8.06. The molecule has 0 bridgehead atoms. The summed E-state index contributed by atoms with van der Waals surface area (Å²) >= 11 is 13.7. The van der Waals surface area contributed by atoms with Crippen LogP contribution in [0.25, 0.3) is 0 Å². The Morgan fingerprint density at radius 1 is 0.962 bits per heavy atom. The molecular formula is C21H17Cl2NOS. The molecule has 2 nitrogen and oxygen atoms in total. The third-order valence-corrected chi connectivity index (χ3v) is 5.61. The smallest absolute Gasteiger partial charge is 0.255 e. The molecule has 0 aromatic heterocycles. The zero-order chi connectivity index (χ0) is 18.5. The van der Waals surface area contributed by atoms with Crippen molar-refractivity contribution in [2.75, 3.05) is 5.32 Å². The molecule has 26 heavy (non-hydrogen) atoms. The number of thioether (sulfide) groups is 1. The SMILES string of the molecule is Cc1ccc(NC(=O)c2ccc(CSc3ccc(Cl)cc3)cc2)cc1Cl. The van der Waals surface area contributed by atoms with Gasteiger partial charge in [0.05, 0.1) is 0 Å². The van der Waals surface area contributed by atoms with Gasteiger partial charge in [0.25, 0.3) is 5.91 Å². The second kappa shape index (κ2) is 8.63. The lowest BCUT2D eigenvalue weighted by atomic mass is 10.1. The first-order valence-corrected chi connectivity index (χ1v) is 9.80. The number of amides is 1. The predicted octanol–water partition coefficient (Wildman–Crippen LogP) is 6.85. The van der Waals surface area contributed by atoms with Crippen LogP contribution in [-0.2, 0) is 5.75 Å². The summed E-state index contributed by atoms with van der Waals surface area (Å²) in [4.78, 5) is 13.5. The molecule has 3 aromatic rings. The molecule has 1 amide bonds. The average Bonchev–Trinajstić information content (AvgIpc) is 2.65. The fraction of sp³-hybridized carbons (Fsp3) is 0.0952. The highest BCUT2D eigenvalue weighted by Crippen LogP contribution is 2.25. The molecule has 0 radical (unpaired) electrons. The third-order valence-electron chi connectivity index (χ3n) is 3.86. The minimum absolute atomic E-state index is 0.151. The van der Waals surface area contributed by atoms with Gasteiger partial charge in [0.15, 0.2) is 0 Å². The summed E-state index contributed by atoms with van der Waals surface area (Å²) in [5, 5.41) is 4.24. The molecule has 0 saturated heterocycles. The van der Waals surface area contributed by atoms with E-state index in [-0.39, 0.29) is 5.91 Å². The monoisotopic (exact) mass is 401 g/mol. The normalized spacial score (nSPS) is 10.6. The van der Waals surface area contributed by atoms with Crippen molar-refractivity contribution in [1.82, 2.24) is 0 Å². The van der Waals surface area contributed by atoms with Crippen LogP contribution in [0.2, 0.25) is 10.0 Å². The van der Waals surface area contributed by atoms with Crippen molar-refractivity contribution in [2.24, 2.45) is 0 Å². The summed E-state index contributed by atoms with van der Waals surface area (Å²) in [5.41, 5.74) is 3.43. The van der Waals surface area contributed by atoms with Gasteiger partial charge in [0, 0.05) is 31.9 Å². The van der Waals surface area contributed by atoms with Gasteiger partial charge in [0.1, 0.15) is 0 Å². The average molecular weight is 402 g/mol. The van der Waals surface area contributed by atoms with Crippen molar-refractivity contribution in [2.45, 2.75) is 17.6 Å². The van der Waals surface area contributed by atoms with E-state index >= 15 is 0 Å². The fourth-order valence-corrected chi connectivity index (χ4v) is 3.48. The maximum absolute atomic E-state index is 12.4. The lowest BCUT2D eigenvalue weighted by Gasteiger charge is -2.08. The standard InChI is InChI=1S/C21H17Cl2NOS/c1-14-2-9-18(12-20(14)23)24-21(25)16-5-3-15(4-6-16)13-26-19-10-7-17(22)8-11-19/h2-12H,13H2,1H3,(H,24,25). The largest absolute Gasteiger partial charge is 0.322 e. The molecule has 132 valence electrons. The Labute approximate surface area is 167 Å². The minimum Gasteiger partial charge on any atom is -0.322 e. The first kappa shape index (κ1) is 18.8. The molecule has 0 atom stereocenters. The number of anilines is 1. The number of benzene rings is 3. The number of rotatable bonds is 5. The highest BCUT2D eigenvalue weighted by atomic mass is 35.5. The van der Waals surface area contributed by atoms with Crippen LogP contribution in [0.4, 0.5) is 5.69 Å². The lowest BCUT2D eigenvalue weighted by Crippen LogP contribution is -2.11. The van der Waals surface area contributed by atoms with E-state index in [0.29, 0.717) is 16.3 Å². The van der Waals surface area contributed by atoms with E-state index in [1.54, 1.807) is 17.8 Å². The van der Waals surface area contributed by atoms with Gasteiger partial charge in [-0.05, 0) is 66.6 Å². The zero-order valence-electron chi connectivity index (χ0n) is 14.1. The molecule has 0 aliphatic carbocycles. The number of carbonyl (C=O) groups excluding carboxylic acids is 1. The number of aryl methyl sites for hydroxylation is 1. The summed E-state index contributed by atoms with van der Waals surface area (Å²) in [6.07, 6.45) is 0. The Kier molecular flexibility index (Phi) is 6.25. The maximum atomic E-state index is 12.4. The van der Waals surface area contributed by atoms with Crippen molar-refractivity contribution in [3.8, 4) is 0 Å². The number of carbonyl (C=O) groups is 1. The molecule has 0 heterocycles. The first-order chi connectivity index (χ1) is 12.5. The van der Waals surface area contributed by atoms with Crippen molar-refractivity contribution in [1.29, 1.82) is 0 Å². The maximum Gasteiger partial charge on any atom is 0.255 e. The van der Waals surface area contributed by atoms with Crippen LogP contribution in [0.5, 0.6) is 0 Å². The highest BCUT2D eigenvalue weighted by molar-refractivity contribution is 7.98. The molecule has 0 spiro atoms. The summed E-state index contributed by atoms with van der Waals surface area (Å²) in [6.45, 7) is 1.93. The van der Waals surface area contributed by atoms with E-state index in [4.69, 9.17) is 23.2 Å². The molecule has 1 N–H and O–H groups in total. The van der Waals surface area contributed by atoms with E-state index in [9.17, 15) is 4.79 Å². The van der Waals surface area contributed by atoms with Crippen LogP contribution in [0.1, 0.15) is 21.5 Å². The van der Waals surface area contributed by atoms with Crippen molar-refractivity contribution in [3.63, 3.8) is 0 Å².